The van der Waals surface area contributed by atoms with Crippen molar-refractivity contribution in [1.29, 1.82) is 0 Å². The molecule has 0 amide bonds. The first kappa shape index (κ1) is 22.2. The maximum atomic E-state index is 12.2. The first-order chi connectivity index (χ1) is 17.7. The summed E-state index contributed by atoms with van der Waals surface area (Å²) in [5.74, 6) is -5.59. The molecule has 0 saturated heterocycles. The fourth-order valence-electron chi connectivity index (χ4n) is 5.93. The average Bonchev–Trinajstić information content (AvgIpc) is 3.33. The van der Waals surface area contributed by atoms with E-state index < -0.39 is 40.4 Å². The molecule has 180 valence electrons. The maximum absolute atomic E-state index is 12.2. The molecule has 4 aromatic carbocycles. The highest BCUT2D eigenvalue weighted by Crippen LogP contribution is 2.63. The zero-order chi connectivity index (χ0) is 26.2. The third-order valence-corrected chi connectivity index (χ3v) is 7.29. The topological polar surface area (TPSA) is 149 Å². The van der Waals surface area contributed by atoms with Crippen LogP contribution < -0.4 is 0 Å². The molecule has 37 heavy (non-hydrogen) atoms. The van der Waals surface area contributed by atoms with Crippen LogP contribution in [-0.4, -0.2) is 44.3 Å². The van der Waals surface area contributed by atoms with Gasteiger partial charge in [-0.3, -0.25) is 0 Å². The molecule has 0 heterocycles. The van der Waals surface area contributed by atoms with Crippen LogP contribution >= 0.6 is 0 Å². The van der Waals surface area contributed by atoms with Crippen LogP contribution in [0.15, 0.2) is 72.8 Å². The zero-order valence-corrected chi connectivity index (χ0v) is 18.9. The molecule has 8 heteroatoms. The van der Waals surface area contributed by atoms with Gasteiger partial charge in [-0.05, 0) is 68.8 Å². The molecule has 0 atom stereocenters. The summed E-state index contributed by atoms with van der Waals surface area (Å²) in [6.45, 7) is 0. The SMILES string of the molecule is O=C(O)c1cc2c(cc1C(=O)O)C1(c3ccccc3-2)c2ccccc2-c2cc(C(=O)O)c(C(=O)O)cc21. The predicted octanol–water partition coefficient (Wildman–Crippen LogP) is 4.82. The molecule has 0 aliphatic heterocycles. The lowest BCUT2D eigenvalue weighted by molar-refractivity contribution is 0.0651. The van der Waals surface area contributed by atoms with Gasteiger partial charge < -0.3 is 20.4 Å². The number of carboxylic acids is 4. The summed E-state index contributed by atoms with van der Waals surface area (Å²) < 4.78 is 0. The molecule has 8 nitrogen and oxygen atoms in total. The van der Waals surface area contributed by atoms with Crippen molar-refractivity contribution >= 4 is 23.9 Å². The number of hydrogen-bond acceptors (Lipinski definition) is 4. The van der Waals surface area contributed by atoms with Gasteiger partial charge >= 0.3 is 23.9 Å². The van der Waals surface area contributed by atoms with Gasteiger partial charge in [0.25, 0.3) is 0 Å². The lowest BCUT2D eigenvalue weighted by Crippen LogP contribution is -2.27. The van der Waals surface area contributed by atoms with Crippen molar-refractivity contribution in [3.8, 4) is 22.3 Å². The Labute approximate surface area is 208 Å². The molecule has 0 fully saturated rings. The minimum Gasteiger partial charge on any atom is -0.478 e. The van der Waals surface area contributed by atoms with E-state index in [0.29, 0.717) is 33.4 Å². The number of benzene rings is 4. The van der Waals surface area contributed by atoms with Gasteiger partial charge in [0.2, 0.25) is 0 Å². The molecule has 4 aromatic rings. The van der Waals surface area contributed by atoms with Crippen LogP contribution in [0, 0.1) is 0 Å². The Morgan fingerprint density at radius 2 is 0.757 bits per heavy atom. The third-order valence-electron chi connectivity index (χ3n) is 7.29. The van der Waals surface area contributed by atoms with E-state index in [1.807, 2.05) is 12.1 Å². The monoisotopic (exact) mass is 492 g/mol. The Kier molecular flexibility index (Phi) is 4.44. The largest absolute Gasteiger partial charge is 0.478 e. The quantitative estimate of drug-likeness (QED) is 0.274. The highest BCUT2D eigenvalue weighted by Gasteiger charge is 2.52. The van der Waals surface area contributed by atoms with E-state index in [9.17, 15) is 39.6 Å². The molecule has 1 spiro atoms. The van der Waals surface area contributed by atoms with Crippen molar-refractivity contribution in [3.63, 3.8) is 0 Å². The molecule has 0 unspecified atom stereocenters. The Bertz CT molecular complexity index is 1620. The predicted molar refractivity (Wildman–Crippen MR) is 131 cm³/mol. The van der Waals surface area contributed by atoms with Crippen LogP contribution in [0.4, 0.5) is 0 Å². The van der Waals surface area contributed by atoms with E-state index >= 15 is 0 Å². The van der Waals surface area contributed by atoms with Crippen molar-refractivity contribution in [2.24, 2.45) is 0 Å². The molecule has 0 saturated carbocycles. The van der Waals surface area contributed by atoms with E-state index in [2.05, 4.69) is 0 Å². The molecule has 0 aromatic heterocycles. The van der Waals surface area contributed by atoms with Gasteiger partial charge in [-0.1, -0.05) is 48.5 Å². The van der Waals surface area contributed by atoms with Crippen LogP contribution in [0.5, 0.6) is 0 Å². The van der Waals surface area contributed by atoms with Crippen molar-refractivity contribution in [2.75, 3.05) is 0 Å². The second-order valence-electron chi connectivity index (χ2n) is 8.95. The fourth-order valence-corrected chi connectivity index (χ4v) is 5.93. The Morgan fingerprint density at radius 3 is 1.11 bits per heavy atom. The minimum absolute atomic E-state index is 0.364. The molecule has 6 rings (SSSR count). The van der Waals surface area contributed by atoms with Gasteiger partial charge in [-0.15, -0.1) is 0 Å². The van der Waals surface area contributed by atoms with E-state index in [1.165, 1.54) is 24.3 Å². The Hall–Kier alpha value is -5.24. The van der Waals surface area contributed by atoms with Gasteiger partial charge in [-0.2, -0.15) is 0 Å². The highest BCUT2D eigenvalue weighted by molar-refractivity contribution is 6.08. The lowest BCUT2D eigenvalue weighted by atomic mass is 9.70. The first-order valence-corrected chi connectivity index (χ1v) is 11.2. The Morgan fingerprint density at radius 1 is 0.432 bits per heavy atom. The number of rotatable bonds is 4. The van der Waals surface area contributed by atoms with Crippen LogP contribution in [0.2, 0.25) is 0 Å². The summed E-state index contributed by atoms with van der Waals surface area (Å²) in [6.07, 6.45) is 0. The normalized spacial score (nSPS) is 13.4. The highest BCUT2D eigenvalue weighted by atomic mass is 16.4. The van der Waals surface area contributed by atoms with Crippen molar-refractivity contribution in [3.05, 3.63) is 117 Å². The molecule has 2 aliphatic rings. The van der Waals surface area contributed by atoms with E-state index in [4.69, 9.17) is 0 Å². The summed E-state index contributed by atoms with van der Waals surface area (Å²) in [5.41, 5.74) is 2.09. The van der Waals surface area contributed by atoms with Gasteiger partial charge in [0.05, 0.1) is 27.7 Å². The van der Waals surface area contributed by atoms with Crippen molar-refractivity contribution < 1.29 is 39.6 Å². The molecule has 0 bridgehead atoms. The summed E-state index contributed by atoms with van der Waals surface area (Å²) in [5, 5.41) is 39.3. The van der Waals surface area contributed by atoms with E-state index in [0.717, 1.165) is 11.1 Å². The van der Waals surface area contributed by atoms with Crippen LogP contribution in [0.3, 0.4) is 0 Å². The molecule has 4 N–H and O–H groups in total. The van der Waals surface area contributed by atoms with E-state index in [1.54, 1.807) is 36.4 Å². The second kappa shape index (κ2) is 7.38. The number of carboxylic acid groups (broad SMARTS) is 4. The molecular formula is C29H16O8. The minimum atomic E-state index is -1.41. The van der Waals surface area contributed by atoms with Gasteiger partial charge in [0, 0.05) is 0 Å². The van der Waals surface area contributed by atoms with Crippen molar-refractivity contribution in [1.82, 2.24) is 0 Å². The Balaban J connectivity index is 1.85. The van der Waals surface area contributed by atoms with Crippen LogP contribution in [0.1, 0.15) is 63.7 Å². The maximum Gasteiger partial charge on any atom is 0.336 e. The summed E-state index contributed by atoms with van der Waals surface area (Å²) >= 11 is 0. The summed E-state index contributed by atoms with van der Waals surface area (Å²) in [4.78, 5) is 48.3. The number of carbonyl (C=O) groups is 4. The number of aromatic carboxylic acids is 4. The molecule has 2 aliphatic carbocycles. The van der Waals surface area contributed by atoms with Crippen LogP contribution in [-0.2, 0) is 5.41 Å². The van der Waals surface area contributed by atoms with Crippen LogP contribution in [0.25, 0.3) is 22.3 Å². The summed E-state index contributed by atoms with van der Waals surface area (Å²) in [6, 6.07) is 19.8. The lowest BCUT2D eigenvalue weighted by Gasteiger charge is -2.31. The molecule has 0 radical (unpaired) electrons. The number of hydrogen-bond donors (Lipinski definition) is 4. The first-order valence-electron chi connectivity index (χ1n) is 11.2. The fraction of sp³-hybridized carbons (Fsp3) is 0.0345. The average molecular weight is 492 g/mol. The van der Waals surface area contributed by atoms with Gasteiger partial charge in [0.15, 0.2) is 0 Å². The molecular weight excluding hydrogens is 476 g/mol. The summed E-state index contributed by atoms with van der Waals surface area (Å²) in [7, 11) is 0. The van der Waals surface area contributed by atoms with E-state index in [-0.39, 0.29) is 11.1 Å². The third kappa shape index (κ3) is 2.72. The van der Waals surface area contributed by atoms with Crippen molar-refractivity contribution in [2.45, 2.75) is 5.41 Å². The standard InChI is InChI=1S/C29H16O8/c30-25(31)17-9-15-13-5-1-3-7-21(13)29(23(15)11-19(17)27(34)35)22-8-4-2-6-14(22)16-10-18(26(32)33)20(28(36)37)12-24(16)29/h1-12H,(H,30,31)(H,32,33)(H,34,35)(H,36,37). The van der Waals surface area contributed by atoms with Gasteiger partial charge in [-0.25, -0.2) is 19.2 Å². The zero-order valence-electron chi connectivity index (χ0n) is 18.9. The smallest absolute Gasteiger partial charge is 0.336 e. The number of fused-ring (bicyclic) bond motifs is 10. The second-order valence-corrected chi connectivity index (χ2v) is 8.95. The van der Waals surface area contributed by atoms with Gasteiger partial charge in [0.1, 0.15) is 0 Å².